The number of hydrogen-bond donors (Lipinski definition) is 0. The van der Waals surface area contributed by atoms with Crippen LogP contribution in [0.1, 0.15) is 109 Å². The van der Waals surface area contributed by atoms with Gasteiger partial charge in [-0.25, -0.2) is 0 Å². The van der Waals surface area contributed by atoms with Crippen molar-refractivity contribution < 1.29 is 4.74 Å². The molecule has 1 aliphatic rings. The second-order valence-electron chi connectivity index (χ2n) is 8.71. The summed E-state index contributed by atoms with van der Waals surface area (Å²) < 4.78 is 5.91. The molecule has 1 aliphatic carbocycles. The van der Waals surface area contributed by atoms with Crippen molar-refractivity contribution in [3.63, 3.8) is 0 Å². The summed E-state index contributed by atoms with van der Waals surface area (Å²) in [5.74, 6) is 1.74. The van der Waals surface area contributed by atoms with Gasteiger partial charge in [-0.05, 0) is 48.4 Å². The van der Waals surface area contributed by atoms with E-state index in [1.807, 2.05) is 0 Å². The lowest BCUT2D eigenvalue weighted by atomic mass is 9.89. The van der Waals surface area contributed by atoms with Crippen LogP contribution in [0.3, 0.4) is 0 Å². The first-order valence-corrected chi connectivity index (χ1v) is 12.4. The van der Waals surface area contributed by atoms with E-state index in [2.05, 4.69) is 56.3 Å². The monoisotopic (exact) mass is 396 g/mol. The molecule has 1 aromatic carbocycles. The van der Waals surface area contributed by atoms with E-state index < -0.39 is 0 Å². The van der Waals surface area contributed by atoms with Crippen LogP contribution in [0.25, 0.3) is 5.57 Å². The first kappa shape index (κ1) is 23.8. The second-order valence-corrected chi connectivity index (χ2v) is 8.71. The molecule has 0 bridgehead atoms. The van der Waals surface area contributed by atoms with Crippen molar-refractivity contribution in [2.24, 2.45) is 5.92 Å². The molecule has 0 saturated heterocycles. The van der Waals surface area contributed by atoms with Gasteiger partial charge < -0.3 is 4.74 Å². The number of allylic oxidation sites excluding steroid dienone is 4. The zero-order valence-electron chi connectivity index (χ0n) is 19.1. The molecule has 0 radical (unpaired) electrons. The fourth-order valence-corrected chi connectivity index (χ4v) is 4.10. The van der Waals surface area contributed by atoms with Crippen molar-refractivity contribution in [1.82, 2.24) is 0 Å². The van der Waals surface area contributed by atoms with E-state index in [0.29, 0.717) is 0 Å². The smallest absolute Gasteiger partial charge is 0.119 e. The fraction of sp³-hybridized carbons (Fsp3) is 0.643. The summed E-state index contributed by atoms with van der Waals surface area (Å²) in [6, 6.07) is 8.68. The highest BCUT2D eigenvalue weighted by Gasteiger charge is 2.10. The van der Waals surface area contributed by atoms with Crippen molar-refractivity contribution in [2.45, 2.75) is 104 Å². The third-order valence-electron chi connectivity index (χ3n) is 6.07. The largest absolute Gasteiger partial charge is 0.494 e. The van der Waals surface area contributed by atoms with Gasteiger partial charge in [-0.3, -0.25) is 0 Å². The Bertz CT molecular complexity index is 581. The molecule has 0 saturated carbocycles. The van der Waals surface area contributed by atoms with Gasteiger partial charge in [0.1, 0.15) is 5.75 Å². The first-order valence-electron chi connectivity index (χ1n) is 12.4. The summed E-state index contributed by atoms with van der Waals surface area (Å²) in [4.78, 5) is 0. The Morgan fingerprint density at radius 2 is 1.38 bits per heavy atom. The van der Waals surface area contributed by atoms with Crippen LogP contribution in [0.15, 0.2) is 42.5 Å². The molecule has 0 amide bonds. The summed E-state index contributed by atoms with van der Waals surface area (Å²) in [7, 11) is 0. The molecule has 0 N–H and O–H groups in total. The van der Waals surface area contributed by atoms with Crippen molar-refractivity contribution in [3.8, 4) is 5.75 Å². The molecule has 0 spiro atoms. The average molecular weight is 397 g/mol. The van der Waals surface area contributed by atoms with Crippen LogP contribution in [0.2, 0.25) is 0 Å². The van der Waals surface area contributed by atoms with Crippen molar-refractivity contribution in [3.05, 3.63) is 48.1 Å². The van der Waals surface area contributed by atoms with E-state index in [1.165, 1.54) is 101 Å². The Morgan fingerprint density at radius 3 is 2.00 bits per heavy atom. The third kappa shape index (κ3) is 10.2. The first-order chi connectivity index (χ1) is 14.3. The molecule has 1 unspecified atom stereocenters. The molecular formula is C28H44O. The maximum absolute atomic E-state index is 5.91. The molecule has 0 heterocycles. The van der Waals surface area contributed by atoms with Crippen LogP contribution in [0.5, 0.6) is 5.75 Å². The molecular weight excluding hydrogens is 352 g/mol. The summed E-state index contributed by atoms with van der Waals surface area (Å²) in [6.07, 6.45) is 25.9. The maximum atomic E-state index is 5.91. The maximum Gasteiger partial charge on any atom is 0.119 e. The van der Waals surface area contributed by atoms with Crippen LogP contribution < -0.4 is 4.74 Å². The van der Waals surface area contributed by atoms with Crippen molar-refractivity contribution in [1.29, 1.82) is 0 Å². The standard InChI is InChI=1S/C28H44O/c1-3-5-7-9-11-13-15-25-16-18-26(19-17-25)27-20-22-28(23-21-27)29-24-14-12-10-8-6-4-2/h16,18-23,25H,3-15,17,24H2,1-2H3. The fourth-order valence-electron chi connectivity index (χ4n) is 4.10. The third-order valence-corrected chi connectivity index (χ3v) is 6.07. The van der Waals surface area contributed by atoms with E-state index >= 15 is 0 Å². The highest BCUT2D eigenvalue weighted by atomic mass is 16.5. The van der Waals surface area contributed by atoms with Crippen LogP contribution in [0.4, 0.5) is 0 Å². The normalized spacial score (nSPS) is 16.1. The minimum absolute atomic E-state index is 0.741. The second kappa shape index (κ2) is 15.4. The van der Waals surface area contributed by atoms with E-state index in [4.69, 9.17) is 4.74 Å². The molecule has 2 rings (SSSR count). The number of ether oxygens (including phenoxy) is 1. The minimum Gasteiger partial charge on any atom is -0.494 e. The van der Waals surface area contributed by atoms with Crippen LogP contribution in [-0.2, 0) is 0 Å². The minimum atomic E-state index is 0.741. The van der Waals surface area contributed by atoms with Gasteiger partial charge in [-0.1, -0.05) is 115 Å². The molecule has 0 fully saturated rings. The number of rotatable bonds is 16. The lowest BCUT2D eigenvalue weighted by molar-refractivity contribution is 0.304. The van der Waals surface area contributed by atoms with Gasteiger partial charge in [-0.15, -0.1) is 0 Å². The van der Waals surface area contributed by atoms with Gasteiger partial charge >= 0.3 is 0 Å². The Labute approximate surface area is 180 Å². The van der Waals surface area contributed by atoms with Crippen molar-refractivity contribution >= 4 is 5.57 Å². The van der Waals surface area contributed by atoms with Crippen LogP contribution >= 0.6 is 0 Å². The van der Waals surface area contributed by atoms with Gasteiger partial charge in [-0.2, -0.15) is 0 Å². The molecule has 1 atom stereocenters. The van der Waals surface area contributed by atoms with Crippen LogP contribution in [0, 0.1) is 5.92 Å². The highest BCUT2D eigenvalue weighted by Crippen LogP contribution is 2.28. The molecule has 1 aromatic rings. The molecule has 0 aromatic heterocycles. The van der Waals surface area contributed by atoms with Gasteiger partial charge in [0, 0.05) is 0 Å². The topological polar surface area (TPSA) is 9.23 Å². The molecule has 1 heteroatoms. The highest BCUT2D eigenvalue weighted by molar-refractivity contribution is 5.75. The Hall–Kier alpha value is -1.50. The summed E-state index contributed by atoms with van der Waals surface area (Å²) >= 11 is 0. The van der Waals surface area contributed by atoms with E-state index in [-0.39, 0.29) is 0 Å². The van der Waals surface area contributed by atoms with Crippen LogP contribution in [-0.4, -0.2) is 6.61 Å². The van der Waals surface area contributed by atoms with Gasteiger partial charge in [0.25, 0.3) is 0 Å². The summed E-state index contributed by atoms with van der Waals surface area (Å²) in [5, 5.41) is 0. The van der Waals surface area contributed by atoms with Gasteiger partial charge in [0.2, 0.25) is 0 Å². The summed E-state index contributed by atoms with van der Waals surface area (Å²) in [5.41, 5.74) is 2.68. The molecule has 0 aliphatic heterocycles. The van der Waals surface area contributed by atoms with Gasteiger partial charge in [0.15, 0.2) is 0 Å². The molecule has 1 nitrogen and oxygen atoms in total. The number of benzene rings is 1. The number of unbranched alkanes of at least 4 members (excludes halogenated alkanes) is 10. The Morgan fingerprint density at radius 1 is 0.759 bits per heavy atom. The predicted octanol–water partition coefficient (Wildman–Crippen LogP) is 9.14. The van der Waals surface area contributed by atoms with Gasteiger partial charge in [0.05, 0.1) is 6.61 Å². The zero-order valence-corrected chi connectivity index (χ0v) is 19.1. The summed E-state index contributed by atoms with van der Waals surface area (Å²) in [6.45, 7) is 5.39. The Balaban J connectivity index is 1.62. The Kier molecular flexibility index (Phi) is 12.6. The predicted molar refractivity (Wildman–Crippen MR) is 129 cm³/mol. The average Bonchev–Trinajstić information content (AvgIpc) is 2.76. The lowest BCUT2D eigenvalue weighted by Gasteiger charge is -2.16. The zero-order chi connectivity index (χ0) is 20.6. The van der Waals surface area contributed by atoms with E-state index in [9.17, 15) is 0 Å². The molecule has 29 heavy (non-hydrogen) atoms. The number of hydrogen-bond acceptors (Lipinski definition) is 1. The quantitative estimate of drug-likeness (QED) is 0.253. The molecule has 162 valence electrons. The van der Waals surface area contributed by atoms with Crippen molar-refractivity contribution in [2.75, 3.05) is 6.61 Å². The lowest BCUT2D eigenvalue weighted by Crippen LogP contribution is -2.00. The van der Waals surface area contributed by atoms with E-state index in [1.54, 1.807) is 0 Å². The SMILES string of the molecule is CCCCCCCCOc1ccc(C2=CCC(CCCCCCCC)C=C2)cc1. The van der Waals surface area contributed by atoms with E-state index in [0.717, 1.165) is 18.3 Å².